The molecule has 222 valence electrons. The summed E-state index contributed by atoms with van der Waals surface area (Å²) in [7, 11) is 4.70. The molecule has 0 saturated heterocycles. The molecule has 0 heterocycles. The molecule has 0 aliphatic rings. The number of hydrogen-bond acceptors (Lipinski definition) is 4. The zero-order valence-corrected chi connectivity index (χ0v) is 24.8. The molecule has 0 fully saturated rings. The highest BCUT2D eigenvalue weighted by atomic mass is 16.4. The van der Waals surface area contributed by atoms with Crippen LogP contribution in [0.25, 0.3) is 10.8 Å². The van der Waals surface area contributed by atoms with Crippen molar-refractivity contribution in [3.8, 4) is 0 Å². The second kappa shape index (κ2) is 14.3. The van der Waals surface area contributed by atoms with Gasteiger partial charge in [0.15, 0.2) is 0 Å². The van der Waals surface area contributed by atoms with Crippen LogP contribution in [0.4, 0.5) is 4.79 Å². The molecule has 9 heteroatoms. The number of rotatable bonds is 12. The van der Waals surface area contributed by atoms with Gasteiger partial charge >= 0.3 is 6.09 Å². The van der Waals surface area contributed by atoms with Crippen LogP contribution >= 0.6 is 0 Å². The fourth-order valence-electron chi connectivity index (χ4n) is 4.93. The number of carboxylic acid groups (broad SMARTS) is 1. The highest BCUT2D eigenvalue weighted by Gasteiger charge is 2.34. The molecule has 0 aliphatic heterocycles. The van der Waals surface area contributed by atoms with Crippen molar-refractivity contribution in [3.05, 3.63) is 96.1 Å². The standard InChI is InChI=1S/C33H40N4O5/c1-33(2,35-32(41)42)20-12-19-29(38)36(4)28(22-25-17-11-16-24-15-9-10-18-26(24)25)31(40)37(5)27(30(39)34-3)21-23-13-7-6-8-14-23/h6-19,27-28,35H,20-22H2,1-5H3,(H,34,39)(H,41,42)/b19-12+/t27-,28-/m1/s1. The van der Waals surface area contributed by atoms with Crippen LogP contribution in [0, 0.1) is 0 Å². The van der Waals surface area contributed by atoms with E-state index < -0.39 is 29.6 Å². The minimum absolute atomic E-state index is 0.235. The fourth-order valence-corrected chi connectivity index (χ4v) is 4.93. The minimum Gasteiger partial charge on any atom is -0.465 e. The molecule has 0 spiro atoms. The van der Waals surface area contributed by atoms with E-state index in [9.17, 15) is 19.2 Å². The maximum Gasteiger partial charge on any atom is 0.405 e. The molecular formula is C33H40N4O5. The lowest BCUT2D eigenvalue weighted by molar-refractivity contribution is -0.146. The second-order valence-electron chi connectivity index (χ2n) is 11.0. The van der Waals surface area contributed by atoms with Gasteiger partial charge in [-0.2, -0.15) is 0 Å². The Balaban J connectivity index is 1.94. The van der Waals surface area contributed by atoms with Crippen LogP contribution in [-0.4, -0.2) is 77.5 Å². The Kier molecular flexibility index (Phi) is 10.8. The van der Waals surface area contributed by atoms with Crippen molar-refractivity contribution >= 4 is 34.6 Å². The monoisotopic (exact) mass is 572 g/mol. The number of nitrogens with one attached hydrogen (secondary N) is 2. The van der Waals surface area contributed by atoms with E-state index in [4.69, 9.17) is 5.11 Å². The lowest BCUT2D eigenvalue weighted by Gasteiger charge is -2.34. The summed E-state index contributed by atoms with van der Waals surface area (Å²) < 4.78 is 0. The first-order valence-electron chi connectivity index (χ1n) is 13.9. The van der Waals surface area contributed by atoms with Gasteiger partial charge in [-0.05, 0) is 48.2 Å². The van der Waals surface area contributed by atoms with Crippen LogP contribution < -0.4 is 10.6 Å². The smallest absolute Gasteiger partial charge is 0.405 e. The zero-order chi connectivity index (χ0) is 30.9. The molecule has 0 radical (unpaired) electrons. The number of amides is 4. The third-order valence-corrected chi connectivity index (χ3v) is 7.36. The summed E-state index contributed by atoms with van der Waals surface area (Å²) in [6.45, 7) is 3.43. The lowest BCUT2D eigenvalue weighted by Crippen LogP contribution is -2.55. The topological polar surface area (TPSA) is 119 Å². The largest absolute Gasteiger partial charge is 0.465 e. The first kappa shape index (κ1) is 31.9. The molecular weight excluding hydrogens is 532 g/mol. The van der Waals surface area contributed by atoms with E-state index in [0.717, 1.165) is 21.9 Å². The summed E-state index contributed by atoms with van der Waals surface area (Å²) >= 11 is 0. The van der Waals surface area contributed by atoms with Crippen molar-refractivity contribution in [1.29, 1.82) is 0 Å². The van der Waals surface area contributed by atoms with E-state index in [0.29, 0.717) is 6.42 Å². The van der Waals surface area contributed by atoms with Gasteiger partial charge in [-0.3, -0.25) is 14.4 Å². The van der Waals surface area contributed by atoms with Gasteiger partial charge in [-0.1, -0.05) is 78.9 Å². The van der Waals surface area contributed by atoms with Gasteiger partial charge in [0, 0.05) is 39.5 Å². The molecule has 0 aliphatic carbocycles. The van der Waals surface area contributed by atoms with Crippen LogP contribution in [0.15, 0.2) is 84.9 Å². The van der Waals surface area contributed by atoms with Gasteiger partial charge in [0.1, 0.15) is 12.1 Å². The summed E-state index contributed by atoms with van der Waals surface area (Å²) in [5, 5.41) is 16.1. The average molecular weight is 573 g/mol. The van der Waals surface area contributed by atoms with E-state index in [-0.39, 0.29) is 24.7 Å². The van der Waals surface area contributed by atoms with Crippen LogP contribution in [0.3, 0.4) is 0 Å². The Morgan fingerprint density at radius 2 is 1.50 bits per heavy atom. The minimum atomic E-state index is -1.15. The number of carbonyl (C=O) groups is 4. The predicted octanol–water partition coefficient (Wildman–Crippen LogP) is 4.02. The van der Waals surface area contributed by atoms with Crippen molar-refractivity contribution in [2.24, 2.45) is 0 Å². The molecule has 0 saturated carbocycles. The quantitative estimate of drug-likeness (QED) is 0.283. The van der Waals surface area contributed by atoms with Crippen LogP contribution in [-0.2, 0) is 27.2 Å². The Bertz CT molecular complexity index is 1430. The third kappa shape index (κ3) is 8.42. The van der Waals surface area contributed by atoms with Crippen molar-refractivity contribution < 1.29 is 24.3 Å². The second-order valence-corrected chi connectivity index (χ2v) is 11.0. The molecule has 42 heavy (non-hydrogen) atoms. The lowest BCUT2D eigenvalue weighted by atomic mass is 9.96. The van der Waals surface area contributed by atoms with Crippen molar-refractivity contribution in [1.82, 2.24) is 20.4 Å². The maximum absolute atomic E-state index is 14.2. The van der Waals surface area contributed by atoms with Gasteiger partial charge in [-0.25, -0.2) is 4.79 Å². The number of carbonyl (C=O) groups excluding carboxylic acids is 3. The summed E-state index contributed by atoms with van der Waals surface area (Å²) in [5.41, 5.74) is 1.02. The van der Waals surface area contributed by atoms with E-state index >= 15 is 0 Å². The molecule has 3 rings (SSSR count). The summed E-state index contributed by atoms with van der Waals surface area (Å²) in [6, 6.07) is 21.5. The summed E-state index contributed by atoms with van der Waals surface area (Å²) in [5.74, 6) is -1.09. The number of nitrogens with zero attached hydrogens (tertiary/aromatic N) is 2. The van der Waals surface area contributed by atoms with Crippen molar-refractivity contribution in [2.45, 2.75) is 50.7 Å². The zero-order valence-electron chi connectivity index (χ0n) is 24.8. The molecule has 4 amide bonds. The van der Waals surface area contributed by atoms with Gasteiger partial charge in [0.05, 0.1) is 0 Å². The van der Waals surface area contributed by atoms with Crippen molar-refractivity contribution in [3.63, 3.8) is 0 Å². The normalized spacial score (nSPS) is 12.9. The molecule has 2 atom stereocenters. The molecule has 3 aromatic rings. The predicted molar refractivity (Wildman–Crippen MR) is 164 cm³/mol. The summed E-state index contributed by atoms with van der Waals surface area (Å²) in [6.07, 6.45) is 2.62. The van der Waals surface area contributed by atoms with Crippen LogP contribution in [0.1, 0.15) is 31.4 Å². The van der Waals surface area contributed by atoms with Gasteiger partial charge in [0.25, 0.3) is 0 Å². The Morgan fingerprint density at radius 1 is 0.857 bits per heavy atom. The molecule has 9 nitrogen and oxygen atoms in total. The van der Waals surface area contributed by atoms with E-state index in [1.807, 2.05) is 72.8 Å². The SMILES string of the molecule is CNC(=O)[C@@H](Cc1ccccc1)N(C)C(=O)[C@@H](Cc1cccc2ccccc12)N(C)C(=O)/C=C/CC(C)(C)NC(=O)O. The van der Waals surface area contributed by atoms with Crippen LogP contribution in [0.2, 0.25) is 0 Å². The van der Waals surface area contributed by atoms with E-state index in [2.05, 4.69) is 10.6 Å². The molecule has 0 bridgehead atoms. The maximum atomic E-state index is 14.2. The number of likely N-dealkylation sites (N-methyl/N-ethyl adjacent to an activating group) is 3. The molecule has 3 N–H and O–H groups in total. The highest BCUT2D eigenvalue weighted by molar-refractivity contribution is 5.95. The first-order valence-corrected chi connectivity index (χ1v) is 13.9. The fraction of sp³-hybridized carbons (Fsp3) is 0.333. The van der Waals surface area contributed by atoms with Gasteiger partial charge in [0.2, 0.25) is 17.7 Å². The molecule has 3 aromatic carbocycles. The molecule has 0 unspecified atom stereocenters. The Morgan fingerprint density at radius 3 is 2.17 bits per heavy atom. The number of fused-ring (bicyclic) bond motifs is 1. The third-order valence-electron chi connectivity index (χ3n) is 7.36. The molecule has 0 aromatic heterocycles. The van der Waals surface area contributed by atoms with Crippen molar-refractivity contribution in [2.75, 3.05) is 21.1 Å². The first-order chi connectivity index (χ1) is 19.9. The Hall–Kier alpha value is -4.66. The summed E-state index contributed by atoms with van der Waals surface area (Å²) in [4.78, 5) is 54.4. The number of benzene rings is 3. The number of hydrogen-bond donors (Lipinski definition) is 3. The average Bonchev–Trinajstić information content (AvgIpc) is 2.97. The Labute approximate surface area is 247 Å². The van der Waals surface area contributed by atoms with E-state index in [1.54, 1.807) is 34.0 Å². The highest BCUT2D eigenvalue weighted by Crippen LogP contribution is 2.23. The van der Waals surface area contributed by atoms with E-state index in [1.165, 1.54) is 22.9 Å². The van der Waals surface area contributed by atoms with Gasteiger partial charge < -0.3 is 25.5 Å². The van der Waals surface area contributed by atoms with Gasteiger partial charge in [-0.15, -0.1) is 0 Å². The van der Waals surface area contributed by atoms with Crippen LogP contribution in [0.5, 0.6) is 0 Å².